The average Bonchev–Trinajstić information content (AvgIpc) is 3.48. The number of anilines is 1. The van der Waals surface area contributed by atoms with Crippen molar-refractivity contribution >= 4 is 11.7 Å². The van der Waals surface area contributed by atoms with Gasteiger partial charge in [0.2, 0.25) is 0 Å². The number of fused-ring (bicyclic) bond motifs is 1. The van der Waals surface area contributed by atoms with E-state index in [-0.39, 0.29) is 11.6 Å². The number of benzene rings is 1. The Balaban J connectivity index is 1.38. The van der Waals surface area contributed by atoms with Crippen LogP contribution < -0.4 is 5.32 Å². The Hall–Kier alpha value is -3.88. The number of pyridine rings is 1. The molecule has 4 aromatic rings. The van der Waals surface area contributed by atoms with E-state index in [1.807, 2.05) is 12.1 Å². The Morgan fingerprint density at radius 2 is 2.00 bits per heavy atom. The van der Waals surface area contributed by atoms with Crippen LogP contribution in [-0.2, 0) is 19.4 Å². The number of rotatable bonds is 5. The molecule has 31 heavy (non-hydrogen) atoms. The second-order valence-electron chi connectivity index (χ2n) is 7.35. The molecule has 0 saturated heterocycles. The van der Waals surface area contributed by atoms with Crippen LogP contribution >= 0.6 is 0 Å². The summed E-state index contributed by atoms with van der Waals surface area (Å²) in [6.07, 6.45) is 7.53. The molecular weight excluding hydrogens is 402 g/mol. The van der Waals surface area contributed by atoms with Crippen molar-refractivity contribution in [3.8, 4) is 5.69 Å². The Kier molecular flexibility index (Phi) is 4.78. The predicted molar refractivity (Wildman–Crippen MR) is 109 cm³/mol. The van der Waals surface area contributed by atoms with Gasteiger partial charge in [-0.05, 0) is 43.0 Å². The van der Waals surface area contributed by atoms with Crippen LogP contribution in [0.15, 0.2) is 55.0 Å². The van der Waals surface area contributed by atoms with Gasteiger partial charge in [0.15, 0.2) is 23.1 Å². The Labute approximate surface area is 176 Å². The molecule has 1 aliphatic rings. The van der Waals surface area contributed by atoms with Crippen LogP contribution in [0.25, 0.3) is 5.69 Å². The van der Waals surface area contributed by atoms with Crippen LogP contribution in [0.2, 0.25) is 0 Å². The summed E-state index contributed by atoms with van der Waals surface area (Å²) in [5.41, 5.74) is 3.33. The van der Waals surface area contributed by atoms with E-state index in [0.29, 0.717) is 30.9 Å². The molecule has 0 bridgehead atoms. The predicted octanol–water partition coefficient (Wildman–Crippen LogP) is 3.53. The fourth-order valence-electron chi connectivity index (χ4n) is 3.82. The topological polar surface area (TPSA) is 77.6 Å². The second kappa shape index (κ2) is 7.75. The van der Waals surface area contributed by atoms with Crippen molar-refractivity contribution in [1.29, 1.82) is 0 Å². The molecule has 9 heteroatoms. The van der Waals surface area contributed by atoms with Gasteiger partial charge in [0.1, 0.15) is 0 Å². The smallest absolute Gasteiger partial charge is 0.277 e. The highest BCUT2D eigenvalue weighted by atomic mass is 19.2. The molecule has 3 aromatic heterocycles. The summed E-state index contributed by atoms with van der Waals surface area (Å²) in [5, 5.41) is 11.6. The molecule has 0 saturated carbocycles. The normalized spacial score (nSPS) is 12.7. The lowest BCUT2D eigenvalue weighted by atomic mass is 10.2. The van der Waals surface area contributed by atoms with Crippen LogP contribution in [0, 0.1) is 11.6 Å². The van der Waals surface area contributed by atoms with Gasteiger partial charge in [-0.3, -0.25) is 14.5 Å². The van der Waals surface area contributed by atoms with E-state index >= 15 is 0 Å². The lowest BCUT2D eigenvalue weighted by molar-refractivity contribution is 0.102. The lowest BCUT2D eigenvalue weighted by Crippen LogP contribution is -2.15. The first-order valence-electron chi connectivity index (χ1n) is 9.88. The number of carbonyl (C=O) groups is 1. The number of nitrogens with zero attached hydrogens (tertiary/aromatic N) is 5. The molecule has 0 atom stereocenters. The lowest BCUT2D eigenvalue weighted by Gasteiger charge is -2.06. The van der Waals surface area contributed by atoms with E-state index < -0.39 is 11.6 Å². The molecule has 3 heterocycles. The summed E-state index contributed by atoms with van der Waals surface area (Å²) >= 11 is 0. The van der Waals surface area contributed by atoms with Crippen LogP contribution in [0.4, 0.5) is 14.6 Å². The van der Waals surface area contributed by atoms with Crippen LogP contribution in [0.1, 0.15) is 33.7 Å². The molecule has 1 N–H and O–H groups in total. The van der Waals surface area contributed by atoms with Crippen LogP contribution in [0.3, 0.4) is 0 Å². The largest absolute Gasteiger partial charge is 0.304 e. The van der Waals surface area contributed by atoms with Crippen LogP contribution in [-0.4, -0.2) is 30.5 Å². The van der Waals surface area contributed by atoms with Crippen molar-refractivity contribution in [3.05, 3.63) is 89.1 Å². The summed E-state index contributed by atoms with van der Waals surface area (Å²) in [5.74, 6) is -1.86. The first-order valence-corrected chi connectivity index (χ1v) is 9.88. The number of nitrogens with one attached hydrogen (secondary N) is 1. The fourth-order valence-corrected chi connectivity index (χ4v) is 3.82. The minimum atomic E-state index is -0.954. The van der Waals surface area contributed by atoms with Gasteiger partial charge in [0.05, 0.1) is 12.2 Å². The highest BCUT2D eigenvalue weighted by molar-refractivity contribution is 6.03. The van der Waals surface area contributed by atoms with Gasteiger partial charge < -0.3 is 5.32 Å². The molecule has 7 nitrogen and oxygen atoms in total. The van der Waals surface area contributed by atoms with Gasteiger partial charge in [0.25, 0.3) is 5.91 Å². The van der Waals surface area contributed by atoms with Crippen molar-refractivity contribution in [3.63, 3.8) is 0 Å². The van der Waals surface area contributed by atoms with Crippen molar-refractivity contribution in [2.45, 2.75) is 25.8 Å². The SMILES string of the molecule is O=C(Nc1ccn(Cc2cccnc2)n1)c1nn(-c2ccc(F)c(F)c2)c2c1CCC2. The summed E-state index contributed by atoms with van der Waals surface area (Å²) in [6, 6.07) is 9.10. The van der Waals surface area contributed by atoms with Crippen molar-refractivity contribution < 1.29 is 13.6 Å². The number of halogens is 2. The molecule has 5 rings (SSSR count). The minimum absolute atomic E-state index is 0.277. The highest BCUT2D eigenvalue weighted by Gasteiger charge is 2.27. The summed E-state index contributed by atoms with van der Waals surface area (Å²) < 4.78 is 30.3. The number of hydrogen-bond donors (Lipinski definition) is 1. The molecular formula is C22H18F2N6O. The van der Waals surface area contributed by atoms with Crippen LogP contribution in [0.5, 0.6) is 0 Å². The van der Waals surface area contributed by atoms with Gasteiger partial charge in [-0.15, -0.1) is 0 Å². The summed E-state index contributed by atoms with van der Waals surface area (Å²) in [4.78, 5) is 17.0. The maximum Gasteiger partial charge on any atom is 0.277 e. The third-order valence-corrected chi connectivity index (χ3v) is 5.24. The molecule has 1 aliphatic carbocycles. The standard InChI is InChI=1S/C22H18F2N6O/c23-17-7-6-15(11-18(17)24)30-19-5-1-4-16(19)21(28-30)22(31)26-20-8-10-29(27-20)13-14-3-2-9-25-12-14/h2-3,6-12H,1,4-5,13H2,(H,26,27,31). The fraction of sp³-hybridized carbons (Fsp3) is 0.182. The molecule has 1 amide bonds. The molecule has 0 radical (unpaired) electrons. The Bertz CT molecular complexity index is 1260. The van der Waals surface area contributed by atoms with Crippen molar-refractivity contribution in [2.75, 3.05) is 5.32 Å². The van der Waals surface area contributed by atoms with E-state index in [9.17, 15) is 13.6 Å². The van der Waals surface area contributed by atoms with Gasteiger partial charge in [-0.25, -0.2) is 13.5 Å². The van der Waals surface area contributed by atoms with Gasteiger partial charge >= 0.3 is 0 Å². The van der Waals surface area contributed by atoms with E-state index in [1.54, 1.807) is 29.3 Å². The zero-order chi connectivity index (χ0) is 21.4. The van der Waals surface area contributed by atoms with Gasteiger partial charge in [-0.1, -0.05) is 6.07 Å². The first-order chi connectivity index (χ1) is 15.1. The van der Waals surface area contributed by atoms with Gasteiger partial charge in [-0.2, -0.15) is 10.2 Å². The van der Waals surface area contributed by atoms with Crippen molar-refractivity contribution in [2.24, 2.45) is 0 Å². The first kappa shape index (κ1) is 19.1. The highest BCUT2D eigenvalue weighted by Crippen LogP contribution is 2.28. The molecule has 156 valence electrons. The van der Waals surface area contributed by atoms with Gasteiger partial charge in [0, 0.05) is 42.0 Å². The monoisotopic (exact) mass is 420 g/mol. The van der Waals surface area contributed by atoms with E-state index in [1.165, 1.54) is 10.7 Å². The molecule has 0 spiro atoms. The maximum atomic E-state index is 13.7. The third kappa shape index (κ3) is 3.70. The molecule has 0 fully saturated rings. The quantitative estimate of drug-likeness (QED) is 0.536. The van der Waals surface area contributed by atoms with E-state index in [4.69, 9.17) is 0 Å². The number of hydrogen-bond acceptors (Lipinski definition) is 4. The van der Waals surface area contributed by atoms with Crippen molar-refractivity contribution in [1.82, 2.24) is 24.5 Å². The molecule has 0 unspecified atom stereocenters. The molecule has 0 aliphatic heterocycles. The average molecular weight is 420 g/mol. The number of carbonyl (C=O) groups excluding carboxylic acids is 1. The summed E-state index contributed by atoms with van der Waals surface area (Å²) in [7, 11) is 0. The van der Waals surface area contributed by atoms with E-state index in [2.05, 4.69) is 20.5 Å². The Morgan fingerprint density at radius 3 is 2.81 bits per heavy atom. The summed E-state index contributed by atoms with van der Waals surface area (Å²) in [6.45, 7) is 0.532. The number of aromatic nitrogens is 5. The molecule has 1 aromatic carbocycles. The Morgan fingerprint density at radius 1 is 1.10 bits per heavy atom. The number of amides is 1. The van der Waals surface area contributed by atoms with E-state index in [0.717, 1.165) is 35.4 Å². The zero-order valence-electron chi connectivity index (χ0n) is 16.4. The second-order valence-corrected chi connectivity index (χ2v) is 7.35. The zero-order valence-corrected chi connectivity index (χ0v) is 16.4. The third-order valence-electron chi connectivity index (χ3n) is 5.24. The maximum absolute atomic E-state index is 13.7. The minimum Gasteiger partial charge on any atom is -0.304 e.